The first kappa shape index (κ1) is 15.1. The molecule has 1 unspecified atom stereocenters. The largest absolute Gasteiger partial charge is 0.306 e. The predicted molar refractivity (Wildman–Crippen MR) is 75.6 cm³/mol. The molecule has 7 nitrogen and oxygen atoms in total. The zero-order chi connectivity index (χ0) is 15.4. The maximum absolute atomic E-state index is 11.9. The number of benzene rings is 1. The molecule has 1 aromatic carbocycles. The quantitative estimate of drug-likeness (QED) is 0.494. The molecule has 2 rings (SSSR count). The molecule has 0 aliphatic carbocycles. The van der Waals surface area contributed by atoms with Crippen molar-refractivity contribution in [2.24, 2.45) is 0 Å². The maximum atomic E-state index is 11.9. The molecule has 1 N–H and O–H groups in total. The molecule has 0 bridgehead atoms. The van der Waals surface area contributed by atoms with E-state index in [0.29, 0.717) is 25.8 Å². The molecule has 1 aliphatic rings. The number of piperidine rings is 1. The molecule has 2 amide bonds. The Labute approximate surface area is 122 Å². The highest BCUT2D eigenvalue weighted by Crippen LogP contribution is 2.13. The van der Waals surface area contributed by atoms with Crippen molar-refractivity contribution in [3.05, 3.63) is 39.9 Å². The number of nitrogens with zero attached hydrogens (tertiary/aromatic N) is 2. The van der Waals surface area contributed by atoms with Crippen molar-refractivity contribution in [2.75, 3.05) is 13.6 Å². The summed E-state index contributed by atoms with van der Waals surface area (Å²) >= 11 is 0. The van der Waals surface area contributed by atoms with Gasteiger partial charge in [-0.05, 0) is 24.9 Å². The molecule has 1 heterocycles. The first-order valence-electron chi connectivity index (χ1n) is 6.76. The lowest BCUT2D eigenvalue weighted by Gasteiger charge is -2.28. The van der Waals surface area contributed by atoms with Crippen LogP contribution in [0, 0.1) is 10.1 Å². The van der Waals surface area contributed by atoms with Gasteiger partial charge in [-0.1, -0.05) is 12.1 Å². The van der Waals surface area contributed by atoms with Crippen molar-refractivity contribution < 1.29 is 14.5 Å². The fourth-order valence-corrected chi connectivity index (χ4v) is 2.28. The van der Waals surface area contributed by atoms with E-state index in [4.69, 9.17) is 0 Å². The summed E-state index contributed by atoms with van der Waals surface area (Å²) < 4.78 is 0. The van der Waals surface area contributed by atoms with Crippen molar-refractivity contribution in [1.82, 2.24) is 10.2 Å². The second-order valence-corrected chi connectivity index (χ2v) is 5.01. The van der Waals surface area contributed by atoms with Crippen molar-refractivity contribution in [3.8, 4) is 0 Å². The lowest BCUT2D eigenvalue weighted by molar-refractivity contribution is -0.384. The second-order valence-electron chi connectivity index (χ2n) is 5.01. The SMILES string of the molecule is CN1C(=O)CCC(NCCc2ccc([N+](=O)[O-])cc2)C1=O. The van der Waals surface area contributed by atoms with Gasteiger partial charge in [0.1, 0.15) is 0 Å². The van der Waals surface area contributed by atoms with Gasteiger partial charge in [-0.25, -0.2) is 0 Å². The van der Waals surface area contributed by atoms with Gasteiger partial charge in [0.2, 0.25) is 11.8 Å². The monoisotopic (exact) mass is 291 g/mol. The number of non-ortho nitro benzene ring substituents is 1. The number of imide groups is 1. The number of amides is 2. The summed E-state index contributed by atoms with van der Waals surface area (Å²) in [5, 5.41) is 13.7. The van der Waals surface area contributed by atoms with Crippen LogP contribution in [0.4, 0.5) is 5.69 Å². The van der Waals surface area contributed by atoms with Gasteiger partial charge in [-0.3, -0.25) is 24.6 Å². The molecule has 0 aromatic heterocycles. The number of carbonyl (C=O) groups excluding carboxylic acids is 2. The summed E-state index contributed by atoms with van der Waals surface area (Å²) in [4.78, 5) is 34.5. The molecule has 21 heavy (non-hydrogen) atoms. The van der Waals surface area contributed by atoms with E-state index in [-0.39, 0.29) is 23.5 Å². The zero-order valence-electron chi connectivity index (χ0n) is 11.7. The average molecular weight is 291 g/mol. The van der Waals surface area contributed by atoms with E-state index >= 15 is 0 Å². The first-order chi connectivity index (χ1) is 9.99. The minimum absolute atomic E-state index is 0.0642. The van der Waals surface area contributed by atoms with E-state index in [0.717, 1.165) is 10.5 Å². The molecule has 1 atom stereocenters. The fourth-order valence-electron chi connectivity index (χ4n) is 2.28. The van der Waals surface area contributed by atoms with Gasteiger partial charge in [0.05, 0.1) is 11.0 Å². The van der Waals surface area contributed by atoms with Gasteiger partial charge < -0.3 is 5.32 Å². The Balaban J connectivity index is 1.83. The Morgan fingerprint density at radius 3 is 2.62 bits per heavy atom. The van der Waals surface area contributed by atoms with Crippen LogP contribution in [-0.4, -0.2) is 41.3 Å². The van der Waals surface area contributed by atoms with Gasteiger partial charge in [0, 0.05) is 25.6 Å². The highest BCUT2D eigenvalue weighted by Gasteiger charge is 2.30. The maximum Gasteiger partial charge on any atom is 0.269 e. The molecule has 112 valence electrons. The number of hydrogen-bond acceptors (Lipinski definition) is 5. The molecule has 0 spiro atoms. The van der Waals surface area contributed by atoms with Crippen molar-refractivity contribution in [1.29, 1.82) is 0 Å². The van der Waals surface area contributed by atoms with E-state index in [1.165, 1.54) is 19.2 Å². The molecule has 1 fully saturated rings. The summed E-state index contributed by atoms with van der Waals surface area (Å²) in [6.45, 7) is 0.580. The third kappa shape index (κ3) is 3.63. The van der Waals surface area contributed by atoms with Gasteiger partial charge >= 0.3 is 0 Å². The average Bonchev–Trinajstić information content (AvgIpc) is 2.48. The number of hydrogen-bond donors (Lipinski definition) is 1. The summed E-state index contributed by atoms with van der Waals surface area (Å²) in [5.41, 5.74) is 1.02. The van der Waals surface area contributed by atoms with Crippen molar-refractivity contribution in [3.63, 3.8) is 0 Å². The summed E-state index contributed by atoms with van der Waals surface area (Å²) in [6, 6.07) is 6.02. The van der Waals surface area contributed by atoms with E-state index in [9.17, 15) is 19.7 Å². The second kappa shape index (κ2) is 6.45. The van der Waals surface area contributed by atoms with Crippen LogP contribution in [-0.2, 0) is 16.0 Å². The summed E-state index contributed by atoms with van der Waals surface area (Å²) in [6.07, 6.45) is 1.55. The molecule has 0 radical (unpaired) electrons. The number of rotatable bonds is 5. The summed E-state index contributed by atoms with van der Waals surface area (Å²) in [5.74, 6) is -0.344. The Bertz CT molecular complexity index is 556. The van der Waals surface area contributed by atoms with Crippen molar-refractivity contribution >= 4 is 17.5 Å². The van der Waals surface area contributed by atoms with Crippen LogP contribution in [0.15, 0.2) is 24.3 Å². The fraction of sp³-hybridized carbons (Fsp3) is 0.429. The van der Waals surface area contributed by atoms with Crippen LogP contribution < -0.4 is 5.32 Å². The van der Waals surface area contributed by atoms with Crippen molar-refractivity contribution in [2.45, 2.75) is 25.3 Å². The zero-order valence-corrected chi connectivity index (χ0v) is 11.7. The van der Waals surface area contributed by atoms with E-state index in [2.05, 4.69) is 5.32 Å². The topological polar surface area (TPSA) is 92.6 Å². The van der Waals surface area contributed by atoms with Crippen LogP contribution >= 0.6 is 0 Å². The van der Waals surface area contributed by atoms with E-state index in [1.807, 2.05) is 0 Å². The number of nitro groups is 1. The van der Waals surface area contributed by atoms with Gasteiger partial charge in [-0.15, -0.1) is 0 Å². The standard InChI is InChI=1S/C14H17N3O4/c1-16-13(18)7-6-12(14(16)19)15-9-8-10-2-4-11(5-3-10)17(20)21/h2-5,12,15H,6-9H2,1H3. The first-order valence-corrected chi connectivity index (χ1v) is 6.76. The van der Waals surface area contributed by atoms with Crippen LogP contribution in [0.1, 0.15) is 18.4 Å². The molecule has 1 aliphatic heterocycles. The number of nitrogens with one attached hydrogen (secondary N) is 1. The van der Waals surface area contributed by atoms with Crippen LogP contribution in [0.25, 0.3) is 0 Å². The lowest BCUT2D eigenvalue weighted by Crippen LogP contribution is -2.51. The number of likely N-dealkylation sites (tertiary alicyclic amines) is 1. The number of likely N-dealkylation sites (N-methyl/N-ethyl adjacent to an activating group) is 1. The Kier molecular flexibility index (Phi) is 4.64. The summed E-state index contributed by atoms with van der Waals surface area (Å²) in [7, 11) is 1.49. The van der Waals surface area contributed by atoms with Gasteiger partial charge in [-0.2, -0.15) is 0 Å². The molecular weight excluding hydrogens is 274 g/mol. The smallest absolute Gasteiger partial charge is 0.269 e. The highest BCUT2D eigenvalue weighted by molar-refractivity contribution is 6.00. The minimum atomic E-state index is -0.435. The Morgan fingerprint density at radius 1 is 1.33 bits per heavy atom. The van der Waals surface area contributed by atoms with Gasteiger partial charge in [0.25, 0.3) is 5.69 Å². The molecular formula is C14H17N3O4. The minimum Gasteiger partial charge on any atom is -0.306 e. The van der Waals surface area contributed by atoms with E-state index < -0.39 is 4.92 Å². The lowest BCUT2D eigenvalue weighted by atomic mass is 10.0. The molecule has 1 saturated heterocycles. The van der Waals surface area contributed by atoms with E-state index in [1.54, 1.807) is 12.1 Å². The third-order valence-electron chi connectivity index (χ3n) is 3.60. The highest BCUT2D eigenvalue weighted by atomic mass is 16.6. The third-order valence-corrected chi connectivity index (χ3v) is 3.60. The molecule has 0 saturated carbocycles. The van der Waals surface area contributed by atoms with Gasteiger partial charge in [0.15, 0.2) is 0 Å². The predicted octanol–water partition coefficient (Wildman–Crippen LogP) is 0.874. The molecule has 1 aromatic rings. The number of carbonyl (C=O) groups is 2. The Morgan fingerprint density at radius 2 is 2.00 bits per heavy atom. The van der Waals surface area contributed by atoms with Crippen LogP contribution in [0.5, 0.6) is 0 Å². The normalized spacial score (nSPS) is 18.9. The van der Waals surface area contributed by atoms with Crippen LogP contribution in [0.2, 0.25) is 0 Å². The Hall–Kier alpha value is -2.28. The molecule has 7 heteroatoms. The van der Waals surface area contributed by atoms with Crippen LogP contribution in [0.3, 0.4) is 0 Å². The number of nitro benzene ring substituents is 1.